The number of aromatic nitrogens is 1. The summed E-state index contributed by atoms with van der Waals surface area (Å²) in [6, 6.07) is 13.4. The van der Waals surface area contributed by atoms with Gasteiger partial charge in [-0.1, -0.05) is 41.9 Å². The van der Waals surface area contributed by atoms with Gasteiger partial charge in [-0.25, -0.2) is 4.98 Å². The fourth-order valence-electron chi connectivity index (χ4n) is 2.04. The molecule has 0 radical (unpaired) electrons. The van der Waals surface area contributed by atoms with Gasteiger partial charge in [0.1, 0.15) is 5.69 Å². The molecule has 0 aliphatic carbocycles. The first-order valence-corrected chi connectivity index (χ1v) is 7.23. The van der Waals surface area contributed by atoms with Gasteiger partial charge in [0, 0.05) is 25.8 Å². The van der Waals surface area contributed by atoms with Crippen LogP contribution >= 0.6 is 11.6 Å². The molecular formula is C16H18ClN3O. The fourth-order valence-corrected chi connectivity index (χ4v) is 2.16. The van der Waals surface area contributed by atoms with Crippen molar-refractivity contribution in [2.45, 2.75) is 6.42 Å². The van der Waals surface area contributed by atoms with E-state index in [4.69, 9.17) is 17.3 Å². The molecule has 110 valence electrons. The number of amides is 1. The van der Waals surface area contributed by atoms with Crippen LogP contribution in [0.5, 0.6) is 0 Å². The highest BCUT2D eigenvalue weighted by molar-refractivity contribution is 6.30. The standard InChI is InChI=1S/C16H18ClN3O/c17-14-6-7-15(19-12-14)16(21)20(11-9-18)10-8-13-4-2-1-3-5-13/h1-7,12H,8-11,18H2. The Morgan fingerprint density at radius 2 is 1.90 bits per heavy atom. The Hall–Kier alpha value is -1.91. The first kappa shape index (κ1) is 15.5. The van der Waals surface area contributed by atoms with Crippen molar-refractivity contribution < 1.29 is 4.79 Å². The number of rotatable bonds is 6. The lowest BCUT2D eigenvalue weighted by atomic mass is 10.1. The van der Waals surface area contributed by atoms with Crippen LogP contribution in [0.2, 0.25) is 5.02 Å². The van der Waals surface area contributed by atoms with Gasteiger partial charge < -0.3 is 10.6 Å². The minimum Gasteiger partial charge on any atom is -0.336 e. The molecule has 1 aromatic heterocycles. The van der Waals surface area contributed by atoms with Crippen molar-refractivity contribution in [1.29, 1.82) is 0 Å². The number of pyridine rings is 1. The maximum atomic E-state index is 12.4. The van der Waals surface area contributed by atoms with E-state index in [0.29, 0.717) is 30.4 Å². The largest absolute Gasteiger partial charge is 0.336 e. The minimum absolute atomic E-state index is 0.118. The normalized spacial score (nSPS) is 10.4. The van der Waals surface area contributed by atoms with Gasteiger partial charge >= 0.3 is 0 Å². The number of carbonyl (C=O) groups is 1. The van der Waals surface area contributed by atoms with E-state index in [1.54, 1.807) is 17.0 Å². The Balaban J connectivity index is 2.03. The number of hydrogen-bond donors (Lipinski definition) is 1. The van der Waals surface area contributed by atoms with Crippen molar-refractivity contribution in [3.05, 3.63) is 64.9 Å². The van der Waals surface area contributed by atoms with Crippen LogP contribution in [0, 0.1) is 0 Å². The Kier molecular flexibility index (Phi) is 5.72. The van der Waals surface area contributed by atoms with E-state index in [9.17, 15) is 4.79 Å². The van der Waals surface area contributed by atoms with Gasteiger partial charge in [0.2, 0.25) is 0 Å². The Labute approximate surface area is 129 Å². The zero-order valence-electron chi connectivity index (χ0n) is 11.7. The summed E-state index contributed by atoms with van der Waals surface area (Å²) in [5.74, 6) is -0.118. The SMILES string of the molecule is NCCN(CCc1ccccc1)C(=O)c1ccc(Cl)cn1. The maximum Gasteiger partial charge on any atom is 0.272 e. The molecule has 0 atom stereocenters. The molecule has 0 fully saturated rings. The molecule has 1 amide bonds. The Morgan fingerprint density at radius 3 is 2.52 bits per heavy atom. The topological polar surface area (TPSA) is 59.2 Å². The summed E-state index contributed by atoms with van der Waals surface area (Å²) in [6.45, 7) is 1.55. The van der Waals surface area contributed by atoms with E-state index in [-0.39, 0.29) is 5.91 Å². The number of nitrogens with two attached hydrogens (primary N) is 1. The zero-order valence-corrected chi connectivity index (χ0v) is 12.5. The van der Waals surface area contributed by atoms with Crippen LogP contribution in [0.15, 0.2) is 48.7 Å². The summed E-state index contributed by atoms with van der Waals surface area (Å²) in [4.78, 5) is 18.2. The van der Waals surface area contributed by atoms with Crippen LogP contribution < -0.4 is 5.73 Å². The van der Waals surface area contributed by atoms with E-state index in [2.05, 4.69) is 4.98 Å². The highest BCUT2D eigenvalue weighted by Crippen LogP contribution is 2.09. The predicted molar refractivity (Wildman–Crippen MR) is 84.4 cm³/mol. The number of halogens is 1. The van der Waals surface area contributed by atoms with Crippen molar-refractivity contribution in [2.24, 2.45) is 5.73 Å². The molecule has 1 heterocycles. The lowest BCUT2D eigenvalue weighted by Gasteiger charge is -2.21. The molecular weight excluding hydrogens is 286 g/mol. The molecule has 0 aliphatic heterocycles. The van der Waals surface area contributed by atoms with Crippen LogP contribution in [0.1, 0.15) is 16.1 Å². The summed E-state index contributed by atoms with van der Waals surface area (Å²) in [6.07, 6.45) is 2.27. The molecule has 0 saturated carbocycles. The van der Waals surface area contributed by atoms with Crippen LogP contribution in [0.3, 0.4) is 0 Å². The quantitative estimate of drug-likeness (QED) is 0.891. The molecule has 4 nitrogen and oxygen atoms in total. The molecule has 0 bridgehead atoms. The van der Waals surface area contributed by atoms with Gasteiger partial charge in [0.25, 0.3) is 5.91 Å². The Morgan fingerprint density at radius 1 is 1.14 bits per heavy atom. The first-order valence-electron chi connectivity index (χ1n) is 6.85. The second kappa shape index (κ2) is 7.76. The lowest BCUT2D eigenvalue weighted by molar-refractivity contribution is 0.0756. The summed E-state index contributed by atoms with van der Waals surface area (Å²) >= 11 is 5.79. The van der Waals surface area contributed by atoms with E-state index >= 15 is 0 Å². The van der Waals surface area contributed by atoms with E-state index in [1.807, 2.05) is 30.3 Å². The molecule has 0 unspecified atom stereocenters. The van der Waals surface area contributed by atoms with E-state index < -0.39 is 0 Å². The second-order valence-corrected chi connectivity index (χ2v) is 5.11. The fraction of sp³-hybridized carbons (Fsp3) is 0.250. The van der Waals surface area contributed by atoms with Crippen LogP contribution in [-0.4, -0.2) is 35.4 Å². The third-order valence-electron chi connectivity index (χ3n) is 3.15. The third kappa shape index (κ3) is 4.55. The summed E-state index contributed by atoms with van der Waals surface area (Å²) in [7, 11) is 0. The van der Waals surface area contributed by atoms with Crippen LogP contribution in [0.25, 0.3) is 0 Å². The highest BCUT2D eigenvalue weighted by atomic mass is 35.5. The zero-order chi connectivity index (χ0) is 15.1. The van der Waals surface area contributed by atoms with Gasteiger partial charge in [-0.05, 0) is 24.1 Å². The number of carbonyl (C=O) groups excluding carboxylic acids is 1. The molecule has 2 rings (SSSR count). The molecule has 0 spiro atoms. The number of nitrogens with zero attached hydrogens (tertiary/aromatic N) is 2. The van der Waals surface area contributed by atoms with Crippen molar-refractivity contribution in [3.63, 3.8) is 0 Å². The van der Waals surface area contributed by atoms with Gasteiger partial charge in [0.15, 0.2) is 0 Å². The molecule has 0 saturated heterocycles. The minimum atomic E-state index is -0.118. The van der Waals surface area contributed by atoms with Gasteiger partial charge in [-0.3, -0.25) is 4.79 Å². The van der Waals surface area contributed by atoms with E-state index in [0.717, 1.165) is 6.42 Å². The highest BCUT2D eigenvalue weighted by Gasteiger charge is 2.16. The van der Waals surface area contributed by atoms with Crippen molar-refractivity contribution in [2.75, 3.05) is 19.6 Å². The smallest absolute Gasteiger partial charge is 0.272 e. The Bertz CT molecular complexity index is 572. The molecule has 5 heteroatoms. The van der Waals surface area contributed by atoms with Crippen molar-refractivity contribution in [3.8, 4) is 0 Å². The lowest BCUT2D eigenvalue weighted by Crippen LogP contribution is -2.37. The maximum absolute atomic E-state index is 12.4. The summed E-state index contributed by atoms with van der Waals surface area (Å²) in [5.41, 5.74) is 7.18. The molecule has 21 heavy (non-hydrogen) atoms. The average molecular weight is 304 g/mol. The molecule has 2 N–H and O–H groups in total. The summed E-state index contributed by atoms with van der Waals surface area (Å²) in [5, 5.41) is 0.515. The molecule has 2 aromatic rings. The van der Waals surface area contributed by atoms with E-state index in [1.165, 1.54) is 11.8 Å². The van der Waals surface area contributed by atoms with Crippen molar-refractivity contribution >= 4 is 17.5 Å². The van der Waals surface area contributed by atoms with Gasteiger partial charge in [0.05, 0.1) is 5.02 Å². The van der Waals surface area contributed by atoms with Crippen molar-refractivity contribution in [1.82, 2.24) is 9.88 Å². The second-order valence-electron chi connectivity index (χ2n) is 4.68. The first-order chi connectivity index (χ1) is 10.2. The third-order valence-corrected chi connectivity index (χ3v) is 3.37. The molecule has 1 aromatic carbocycles. The average Bonchev–Trinajstić information content (AvgIpc) is 2.52. The number of hydrogen-bond acceptors (Lipinski definition) is 3. The monoisotopic (exact) mass is 303 g/mol. The van der Waals surface area contributed by atoms with Crippen LogP contribution in [0.4, 0.5) is 0 Å². The van der Waals surface area contributed by atoms with Gasteiger partial charge in [-0.2, -0.15) is 0 Å². The number of benzene rings is 1. The van der Waals surface area contributed by atoms with Gasteiger partial charge in [-0.15, -0.1) is 0 Å². The predicted octanol–water partition coefficient (Wildman–Crippen LogP) is 2.38. The van der Waals surface area contributed by atoms with Crippen LogP contribution in [-0.2, 0) is 6.42 Å². The molecule has 0 aliphatic rings. The summed E-state index contributed by atoms with van der Waals surface area (Å²) < 4.78 is 0.